The molecule has 0 fully saturated rings. The summed E-state index contributed by atoms with van der Waals surface area (Å²) >= 11 is 0. The molecule has 0 aliphatic rings. The van der Waals surface area contributed by atoms with Crippen LogP contribution in [0.25, 0.3) is 0 Å². The Kier molecular flexibility index (Phi) is 6.36. The molecule has 19 heavy (non-hydrogen) atoms. The molecular weight excluding hydrogens is 232 g/mol. The largest absolute Gasteiger partial charge is 0.378 e. The zero-order valence-electron chi connectivity index (χ0n) is 13.4. The van der Waals surface area contributed by atoms with Gasteiger partial charge < -0.3 is 10.2 Å². The van der Waals surface area contributed by atoms with Crippen LogP contribution in [0, 0.1) is 17.8 Å². The third-order valence-corrected chi connectivity index (χ3v) is 3.87. The molecule has 1 aromatic rings. The van der Waals surface area contributed by atoms with Crippen molar-refractivity contribution >= 4 is 5.69 Å². The van der Waals surface area contributed by atoms with Gasteiger partial charge in [0.15, 0.2) is 0 Å². The van der Waals surface area contributed by atoms with Gasteiger partial charge in [-0.3, -0.25) is 0 Å². The van der Waals surface area contributed by atoms with Crippen molar-refractivity contribution in [3.63, 3.8) is 0 Å². The van der Waals surface area contributed by atoms with Gasteiger partial charge in [-0.15, -0.1) is 0 Å². The lowest BCUT2D eigenvalue weighted by Gasteiger charge is -2.25. The molecule has 0 spiro atoms. The fourth-order valence-corrected chi connectivity index (χ4v) is 2.54. The Hall–Kier alpha value is -1.02. The fraction of sp³-hybridized carbons (Fsp3) is 0.647. The quantitative estimate of drug-likeness (QED) is 0.804. The number of hydrogen-bond donors (Lipinski definition) is 1. The monoisotopic (exact) mass is 262 g/mol. The molecule has 2 nitrogen and oxygen atoms in total. The van der Waals surface area contributed by atoms with Crippen LogP contribution in [0.1, 0.15) is 33.3 Å². The van der Waals surface area contributed by atoms with Crippen molar-refractivity contribution in [2.24, 2.45) is 17.8 Å². The lowest BCUT2D eigenvalue weighted by atomic mass is 9.85. The Morgan fingerprint density at radius 1 is 0.947 bits per heavy atom. The summed E-state index contributed by atoms with van der Waals surface area (Å²) in [5, 5.41) is 3.60. The molecule has 1 N–H and O–H groups in total. The molecule has 0 amide bonds. The summed E-state index contributed by atoms with van der Waals surface area (Å²) in [6.07, 6.45) is 0. The third kappa shape index (κ3) is 5.23. The molecule has 0 radical (unpaired) electrons. The van der Waals surface area contributed by atoms with Gasteiger partial charge in [-0.05, 0) is 42.0 Å². The standard InChI is InChI=1S/C17H30N2/c1-13(2)17(14(3)4)12-18-11-15-7-9-16(10-8-15)19(5)6/h7-10,13-14,17-18H,11-12H2,1-6H3. The Bertz CT molecular complexity index is 344. The fourth-order valence-electron chi connectivity index (χ4n) is 2.54. The van der Waals surface area contributed by atoms with Crippen LogP contribution < -0.4 is 10.2 Å². The second kappa shape index (κ2) is 7.54. The highest BCUT2D eigenvalue weighted by Gasteiger charge is 2.16. The summed E-state index contributed by atoms with van der Waals surface area (Å²) in [5.74, 6) is 2.23. The van der Waals surface area contributed by atoms with Crippen LogP contribution >= 0.6 is 0 Å². The predicted molar refractivity (Wildman–Crippen MR) is 85.6 cm³/mol. The van der Waals surface area contributed by atoms with Gasteiger partial charge in [0.1, 0.15) is 0 Å². The summed E-state index contributed by atoms with van der Waals surface area (Å²) in [6, 6.07) is 8.78. The normalized spacial score (nSPS) is 11.6. The number of anilines is 1. The molecule has 0 heterocycles. The summed E-state index contributed by atoms with van der Waals surface area (Å²) in [7, 11) is 4.15. The van der Waals surface area contributed by atoms with E-state index in [9.17, 15) is 0 Å². The Morgan fingerprint density at radius 3 is 1.89 bits per heavy atom. The van der Waals surface area contributed by atoms with E-state index >= 15 is 0 Å². The lowest BCUT2D eigenvalue weighted by Crippen LogP contribution is -2.29. The molecule has 1 rings (SSSR count). The molecule has 0 atom stereocenters. The molecule has 0 unspecified atom stereocenters. The maximum Gasteiger partial charge on any atom is 0.0361 e. The summed E-state index contributed by atoms with van der Waals surface area (Å²) in [5.41, 5.74) is 2.61. The Balaban J connectivity index is 2.44. The predicted octanol–water partition coefficient (Wildman–Crippen LogP) is 3.77. The first-order valence-electron chi connectivity index (χ1n) is 7.38. The van der Waals surface area contributed by atoms with Gasteiger partial charge in [0.2, 0.25) is 0 Å². The van der Waals surface area contributed by atoms with Gasteiger partial charge >= 0.3 is 0 Å². The van der Waals surface area contributed by atoms with Crippen molar-refractivity contribution in [1.82, 2.24) is 5.32 Å². The van der Waals surface area contributed by atoms with Gasteiger partial charge in [0.05, 0.1) is 0 Å². The van der Waals surface area contributed by atoms with Crippen LogP contribution in [-0.2, 0) is 6.54 Å². The average Bonchev–Trinajstić information content (AvgIpc) is 2.34. The second-order valence-corrected chi connectivity index (χ2v) is 6.34. The molecule has 2 heteroatoms. The maximum absolute atomic E-state index is 3.60. The Labute approximate surface area is 119 Å². The van der Waals surface area contributed by atoms with E-state index in [0.717, 1.165) is 30.8 Å². The lowest BCUT2D eigenvalue weighted by molar-refractivity contribution is 0.275. The molecule has 0 aliphatic heterocycles. The molecule has 0 bridgehead atoms. The summed E-state index contributed by atoms with van der Waals surface area (Å²) in [4.78, 5) is 2.13. The zero-order valence-corrected chi connectivity index (χ0v) is 13.4. The number of nitrogens with zero attached hydrogens (tertiary/aromatic N) is 1. The highest BCUT2D eigenvalue weighted by atomic mass is 15.1. The van der Waals surface area contributed by atoms with Gasteiger partial charge in [0.25, 0.3) is 0 Å². The first-order valence-corrected chi connectivity index (χ1v) is 7.38. The van der Waals surface area contributed by atoms with Crippen molar-refractivity contribution in [3.05, 3.63) is 29.8 Å². The molecule has 0 saturated heterocycles. The number of rotatable bonds is 7. The van der Waals surface area contributed by atoms with Crippen LogP contribution in [0.2, 0.25) is 0 Å². The van der Waals surface area contributed by atoms with Gasteiger partial charge in [0, 0.05) is 26.3 Å². The van der Waals surface area contributed by atoms with Crippen LogP contribution in [0.4, 0.5) is 5.69 Å². The van der Waals surface area contributed by atoms with Crippen molar-refractivity contribution < 1.29 is 0 Å². The van der Waals surface area contributed by atoms with Crippen LogP contribution in [0.3, 0.4) is 0 Å². The van der Waals surface area contributed by atoms with E-state index < -0.39 is 0 Å². The van der Waals surface area contributed by atoms with E-state index in [1.165, 1.54) is 11.3 Å². The van der Waals surface area contributed by atoms with E-state index in [1.54, 1.807) is 0 Å². The topological polar surface area (TPSA) is 15.3 Å². The smallest absolute Gasteiger partial charge is 0.0361 e. The summed E-state index contributed by atoms with van der Waals surface area (Å²) < 4.78 is 0. The SMILES string of the molecule is CC(C)C(CNCc1ccc(N(C)C)cc1)C(C)C. The number of benzene rings is 1. The minimum absolute atomic E-state index is 0.739. The number of nitrogens with one attached hydrogen (secondary N) is 1. The second-order valence-electron chi connectivity index (χ2n) is 6.34. The van der Waals surface area contributed by atoms with Gasteiger partial charge in [-0.25, -0.2) is 0 Å². The minimum atomic E-state index is 0.739. The highest BCUT2D eigenvalue weighted by molar-refractivity contribution is 5.45. The van der Waals surface area contributed by atoms with Gasteiger partial charge in [-0.2, -0.15) is 0 Å². The molecule has 0 aliphatic carbocycles. The number of hydrogen-bond acceptors (Lipinski definition) is 2. The maximum atomic E-state index is 3.60. The van der Waals surface area contributed by atoms with Crippen LogP contribution in [-0.4, -0.2) is 20.6 Å². The van der Waals surface area contributed by atoms with E-state index in [4.69, 9.17) is 0 Å². The molecule has 1 aromatic carbocycles. The minimum Gasteiger partial charge on any atom is -0.378 e. The first-order chi connectivity index (χ1) is 8.91. The van der Waals surface area contributed by atoms with Crippen molar-refractivity contribution in [3.8, 4) is 0 Å². The Morgan fingerprint density at radius 2 is 1.47 bits per heavy atom. The molecule has 108 valence electrons. The van der Waals surface area contributed by atoms with E-state index in [-0.39, 0.29) is 0 Å². The first kappa shape index (κ1) is 16.0. The molecule has 0 saturated carbocycles. The van der Waals surface area contributed by atoms with E-state index in [0.29, 0.717) is 0 Å². The van der Waals surface area contributed by atoms with Crippen LogP contribution in [0.15, 0.2) is 24.3 Å². The zero-order chi connectivity index (χ0) is 14.4. The van der Waals surface area contributed by atoms with Crippen molar-refractivity contribution in [2.45, 2.75) is 34.2 Å². The van der Waals surface area contributed by atoms with E-state index in [2.05, 4.69) is 76.3 Å². The van der Waals surface area contributed by atoms with Crippen LogP contribution in [0.5, 0.6) is 0 Å². The summed E-state index contributed by atoms with van der Waals surface area (Å²) in [6.45, 7) is 11.3. The average molecular weight is 262 g/mol. The molecular formula is C17H30N2. The van der Waals surface area contributed by atoms with Crippen molar-refractivity contribution in [1.29, 1.82) is 0 Å². The van der Waals surface area contributed by atoms with Crippen molar-refractivity contribution in [2.75, 3.05) is 25.5 Å². The molecule has 0 aromatic heterocycles. The van der Waals surface area contributed by atoms with E-state index in [1.807, 2.05) is 0 Å². The third-order valence-electron chi connectivity index (χ3n) is 3.87. The van der Waals surface area contributed by atoms with Gasteiger partial charge in [-0.1, -0.05) is 39.8 Å². The highest BCUT2D eigenvalue weighted by Crippen LogP contribution is 2.19.